The first-order chi connectivity index (χ1) is 9.98. The van der Waals surface area contributed by atoms with Gasteiger partial charge in [-0.05, 0) is 31.7 Å². The maximum absolute atomic E-state index is 13.0. The third-order valence-corrected chi connectivity index (χ3v) is 6.12. The van der Waals surface area contributed by atoms with Crippen molar-refractivity contribution in [1.82, 2.24) is 4.31 Å². The number of hydrogen-bond acceptors (Lipinski definition) is 2. The molecular formula is C16H20BrNO2S. The molecule has 0 aliphatic carbocycles. The molecule has 21 heavy (non-hydrogen) atoms. The summed E-state index contributed by atoms with van der Waals surface area (Å²) in [5.74, 6) is 0. The van der Waals surface area contributed by atoms with E-state index in [0.717, 1.165) is 22.5 Å². The van der Waals surface area contributed by atoms with E-state index in [9.17, 15) is 8.42 Å². The second-order valence-electron chi connectivity index (χ2n) is 5.23. The van der Waals surface area contributed by atoms with Crippen molar-refractivity contribution in [3.63, 3.8) is 0 Å². The quantitative estimate of drug-likeness (QED) is 0.720. The molecular weight excluding hydrogens is 350 g/mol. The molecule has 0 heterocycles. The van der Waals surface area contributed by atoms with Crippen LogP contribution in [0.15, 0.2) is 47.4 Å². The standard InChI is InChI=1S/C16H20BrNO2S/c1-13(2)18(12-6-11-17)21(19,20)16-10-5-8-14-7-3-4-9-15(14)16/h3-5,7-10,13H,6,11-12H2,1-2H3. The van der Waals surface area contributed by atoms with Crippen molar-refractivity contribution in [3.05, 3.63) is 42.5 Å². The molecule has 0 aliphatic rings. The maximum Gasteiger partial charge on any atom is 0.243 e. The first-order valence-electron chi connectivity index (χ1n) is 7.04. The molecule has 5 heteroatoms. The Morgan fingerprint density at radius 2 is 1.76 bits per heavy atom. The fourth-order valence-corrected chi connectivity index (χ4v) is 4.56. The lowest BCUT2D eigenvalue weighted by molar-refractivity contribution is 0.355. The minimum absolute atomic E-state index is 0.0620. The molecule has 0 radical (unpaired) electrons. The Balaban J connectivity index is 2.54. The van der Waals surface area contributed by atoms with E-state index in [2.05, 4.69) is 15.9 Å². The summed E-state index contributed by atoms with van der Waals surface area (Å²) in [6.45, 7) is 4.35. The Labute approximate surface area is 135 Å². The van der Waals surface area contributed by atoms with E-state index in [1.165, 1.54) is 0 Å². The van der Waals surface area contributed by atoms with Gasteiger partial charge in [-0.25, -0.2) is 8.42 Å². The van der Waals surface area contributed by atoms with Crippen LogP contribution in [-0.4, -0.2) is 30.6 Å². The van der Waals surface area contributed by atoms with Gasteiger partial charge in [-0.3, -0.25) is 0 Å². The fourth-order valence-electron chi connectivity index (χ4n) is 2.42. The van der Waals surface area contributed by atoms with Crippen LogP contribution in [0.2, 0.25) is 0 Å². The van der Waals surface area contributed by atoms with Gasteiger partial charge in [0.05, 0.1) is 4.90 Å². The van der Waals surface area contributed by atoms with E-state index < -0.39 is 10.0 Å². The lowest BCUT2D eigenvalue weighted by Gasteiger charge is -2.26. The molecule has 2 aromatic rings. The van der Waals surface area contributed by atoms with Gasteiger partial charge in [0.15, 0.2) is 0 Å². The van der Waals surface area contributed by atoms with Gasteiger partial charge in [0.25, 0.3) is 0 Å². The average Bonchev–Trinajstić information content (AvgIpc) is 2.46. The number of hydrogen-bond donors (Lipinski definition) is 0. The second-order valence-corrected chi connectivity index (χ2v) is 7.88. The number of rotatable bonds is 6. The highest BCUT2D eigenvalue weighted by Gasteiger charge is 2.27. The van der Waals surface area contributed by atoms with Gasteiger partial charge < -0.3 is 0 Å². The van der Waals surface area contributed by atoms with Crippen molar-refractivity contribution >= 4 is 36.7 Å². The SMILES string of the molecule is CC(C)N(CCCBr)S(=O)(=O)c1cccc2ccccc12. The molecule has 0 spiro atoms. The molecule has 3 nitrogen and oxygen atoms in total. The lowest BCUT2D eigenvalue weighted by atomic mass is 10.1. The van der Waals surface area contributed by atoms with Gasteiger partial charge in [-0.1, -0.05) is 52.3 Å². The molecule has 0 saturated carbocycles. The summed E-state index contributed by atoms with van der Waals surface area (Å²) in [7, 11) is -3.49. The Hall–Kier alpha value is -0.910. The van der Waals surface area contributed by atoms with E-state index in [1.54, 1.807) is 16.4 Å². The zero-order valence-electron chi connectivity index (χ0n) is 12.3. The van der Waals surface area contributed by atoms with Gasteiger partial charge in [-0.15, -0.1) is 0 Å². The highest BCUT2D eigenvalue weighted by atomic mass is 79.9. The molecule has 2 aromatic carbocycles. The van der Waals surface area contributed by atoms with E-state index in [4.69, 9.17) is 0 Å². The van der Waals surface area contributed by atoms with E-state index in [1.807, 2.05) is 44.2 Å². The van der Waals surface area contributed by atoms with Gasteiger partial charge in [0.2, 0.25) is 10.0 Å². The minimum atomic E-state index is -3.49. The molecule has 2 rings (SSSR count). The van der Waals surface area contributed by atoms with Crippen molar-refractivity contribution < 1.29 is 8.42 Å². The van der Waals surface area contributed by atoms with Crippen molar-refractivity contribution in [3.8, 4) is 0 Å². The summed E-state index contributed by atoms with van der Waals surface area (Å²) in [6, 6.07) is 13.0. The lowest BCUT2D eigenvalue weighted by Crippen LogP contribution is -2.37. The van der Waals surface area contributed by atoms with E-state index >= 15 is 0 Å². The normalized spacial score (nSPS) is 12.4. The molecule has 0 aromatic heterocycles. The molecule has 0 N–H and O–H groups in total. The van der Waals surface area contributed by atoms with Gasteiger partial charge >= 0.3 is 0 Å². The molecule has 0 unspecified atom stereocenters. The third kappa shape index (κ3) is 3.47. The van der Waals surface area contributed by atoms with Crippen LogP contribution in [0.4, 0.5) is 0 Å². The molecule has 0 saturated heterocycles. The van der Waals surface area contributed by atoms with Crippen LogP contribution >= 0.6 is 15.9 Å². The zero-order valence-corrected chi connectivity index (χ0v) is 14.7. The Bertz CT molecular complexity index is 708. The molecule has 0 amide bonds. The molecule has 0 aliphatic heterocycles. The van der Waals surface area contributed by atoms with E-state index in [-0.39, 0.29) is 6.04 Å². The number of nitrogens with zero attached hydrogens (tertiary/aromatic N) is 1. The average molecular weight is 370 g/mol. The van der Waals surface area contributed by atoms with Crippen LogP contribution < -0.4 is 0 Å². The summed E-state index contributed by atoms with van der Waals surface area (Å²) < 4.78 is 27.6. The van der Waals surface area contributed by atoms with Crippen molar-refractivity contribution in [2.45, 2.75) is 31.2 Å². The van der Waals surface area contributed by atoms with Crippen LogP contribution in [-0.2, 0) is 10.0 Å². The summed E-state index contributed by atoms with van der Waals surface area (Å²) in [6.07, 6.45) is 0.794. The minimum Gasteiger partial charge on any atom is -0.207 e. The molecule has 0 bridgehead atoms. The first kappa shape index (κ1) is 16.5. The first-order valence-corrected chi connectivity index (χ1v) is 9.60. The number of benzene rings is 2. The maximum atomic E-state index is 13.0. The van der Waals surface area contributed by atoms with Gasteiger partial charge in [-0.2, -0.15) is 4.31 Å². The smallest absolute Gasteiger partial charge is 0.207 e. The van der Waals surface area contributed by atoms with Crippen LogP contribution in [0, 0.1) is 0 Å². The van der Waals surface area contributed by atoms with Crippen LogP contribution in [0.3, 0.4) is 0 Å². The third-order valence-electron chi connectivity index (χ3n) is 3.42. The summed E-state index contributed by atoms with van der Waals surface area (Å²) in [4.78, 5) is 0.392. The van der Waals surface area contributed by atoms with Crippen LogP contribution in [0.1, 0.15) is 20.3 Å². The van der Waals surface area contributed by atoms with Crippen LogP contribution in [0.25, 0.3) is 10.8 Å². The zero-order chi connectivity index (χ0) is 15.5. The summed E-state index contributed by atoms with van der Waals surface area (Å²) in [5, 5.41) is 2.52. The highest BCUT2D eigenvalue weighted by Crippen LogP contribution is 2.26. The monoisotopic (exact) mass is 369 g/mol. The largest absolute Gasteiger partial charge is 0.243 e. The van der Waals surface area contributed by atoms with Gasteiger partial charge in [0, 0.05) is 23.3 Å². The number of halogens is 1. The highest BCUT2D eigenvalue weighted by molar-refractivity contribution is 9.09. The molecule has 0 atom stereocenters. The van der Waals surface area contributed by atoms with Crippen molar-refractivity contribution in [2.24, 2.45) is 0 Å². The number of alkyl halides is 1. The van der Waals surface area contributed by atoms with Crippen LogP contribution in [0.5, 0.6) is 0 Å². The topological polar surface area (TPSA) is 37.4 Å². The fraction of sp³-hybridized carbons (Fsp3) is 0.375. The Morgan fingerprint density at radius 3 is 2.43 bits per heavy atom. The summed E-state index contributed by atoms with van der Waals surface area (Å²) in [5.41, 5.74) is 0. The number of fused-ring (bicyclic) bond motifs is 1. The van der Waals surface area contributed by atoms with Crippen molar-refractivity contribution in [2.75, 3.05) is 11.9 Å². The Morgan fingerprint density at radius 1 is 1.10 bits per heavy atom. The van der Waals surface area contributed by atoms with Gasteiger partial charge in [0.1, 0.15) is 0 Å². The predicted octanol–water partition coefficient (Wildman–Crippen LogP) is 4.02. The number of sulfonamides is 1. The van der Waals surface area contributed by atoms with Crippen molar-refractivity contribution in [1.29, 1.82) is 0 Å². The second kappa shape index (κ2) is 6.90. The Kier molecular flexibility index (Phi) is 5.41. The molecule has 0 fully saturated rings. The van der Waals surface area contributed by atoms with E-state index in [0.29, 0.717) is 11.4 Å². The predicted molar refractivity (Wildman–Crippen MR) is 91.4 cm³/mol. The molecule has 114 valence electrons. The summed E-state index contributed by atoms with van der Waals surface area (Å²) >= 11 is 3.37.